The van der Waals surface area contributed by atoms with Crippen molar-refractivity contribution in [2.75, 3.05) is 10.6 Å². The van der Waals surface area contributed by atoms with Gasteiger partial charge in [-0.15, -0.1) is 0 Å². The second-order valence-corrected chi connectivity index (χ2v) is 6.62. The van der Waals surface area contributed by atoms with Gasteiger partial charge in [0.1, 0.15) is 5.69 Å². The average molecular weight is 366 g/mol. The van der Waals surface area contributed by atoms with Gasteiger partial charge in [0.05, 0.1) is 11.9 Å². The van der Waals surface area contributed by atoms with Gasteiger partial charge in [-0.25, -0.2) is 4.98 Å². The Morgan fingerprint density at radius 2 is 1.81 bits per heavy atom. The van der Waals surface area contributed by atoms with Crippen molar-refractivity contribution < 1.29 is 4.79 Å². The molecule has 0 saturated carbocycles. The molecule has 0 spiro atoms. The first-order chi connectivity index (χ1) is 12.5. The highest BCUT2D eigenvalue weighted by Crippen LogP contribution is 2.21. The van der Waals surface area contributed by atoms with Crippen LogP contribution in [0, 0.1) is 13.8 Å². The van der Waals surface area contributed by atoms with E-state index in [-0.39, 0.29) is 5.91 Å². The van der Waals surface area contributed by atoms with Crippen LogP contribution in [0.3, 0.4) is 0 Å². The molecule has 0 aliphatic carbocycles. The number of amides is 1. The molecule has 5 heteroatoms. The zero-order chi connectivity index (χ0) is 18.5. The quantitative estimate of drug-likeness (QED) is 0.652. The minimum absolute atomic E-state index is 0.263. The van der Waals surface area contributed by atoms with Gasteiger partial charge in [0.25, 0.3) is 5.91 Å². The van der Waals surface area contributed by atoms with Crippen molar-refractivity contribution in [2.24, 2.45) is 0 Å². The van der Waals surface area contributed by atoms with Gasteiger partial charge >= 0.3 is 0 Å². The van der Waals surface area contributed by atoms with E-state index in [1.807, 2.05) is 19.1 Å². The Morgan fingerprint density at radius 3 is 2.50 bits per heavy atom. The molecular formula is C21H20ClN3O. The van der Waals surface area contributed by atoms with Crippen LogP contribution in [0.25, 0.3) is 0 Å². The highest BCUT2D eigenvalue weighted by molar-refractivity contribution is 6.31. The predicted octanol–water partition coefficient (Wildman–Crippen LogP) is 5.22. The van der Waals surface area contributed by atoms with Gasteiger partial charge < -0.3 is 10.6 Å². The topological polar surface area (TPSA) is 54.0 Å². The summed E-state index contributed by atoms with van der Waals surface area (Å²) in [6.45, 7) is 4.68. The van der Waals surface area contributed by atoms with E-state index in [0.29, 0.717) is 22.9 Å². The molecule has 0 fully saturated rings. The summed E-state index contributed by atoms with van der Waals surface area (Å²) in [5.41, 5.74) is 5.27. The van der Waals surface area contributed by atoms with Crippen molar-refractivity contribution in [3.05, 3.63) is 88.2 Å². The zero-order valence-electron chi connectivity index (χ0n) is 14.7. The molecule has 26 heavy (non-hydrogen) atoms. The SMILES string of the molecule is Cc1ccc(CNc2ccc(C(=O)Nc3cc(Cl)ccc3C)nc2)cc1. The lowest BCUT2D eigenvalue weighted by Gasteiger charge is -2.10. The van der Waals surface area contributed by atoms with E-state index in [1.54, 1.807) is 24.4 Å². The maximum absolute atomic E-state index is 12.4. The van der Waals surface area contributed by atoms with E-state index in [1.165, 1.54) is 11.1 Å². The molecule has 0 radical (unpaired) electrons. The standard InChI is InChI=1S/C21H20ClN3O/c1-14-3-6-16(7-4-14)12-23-18-9-10-19(24-13-18)21(26)25-20-11-17(22)8-5-15(20)2/h3-11,13,23H,12H2,1-2H3,(H,25,26). The van der Waals surface area contributed by atoms with Crippen LogP contribution < -0.4 is 10.6 Å². The number of rotatable bonds is 5. The van der Waals surface area contributed by atoms with Gasteiger partial charge in [0.15, 0.2) is 0 Å². The van der Waals surface area contributed by atoms with Crippen LogP contribution in [0.5, 0.6) is 0 Å². The molecule has 1 heterocycles. The van der Waals surface area contributed by atoms with Crippen molar-refractivity contribution in [2.45, 2.75) is 20.4 Å². The van der Waals surface area contributed by atoms with Gasteiger partial charge in [-0.05, 0) is 49.2 Å². The molecule has 4 nitrogen and oxygen atoms in total. The van der Waals surface area contributed by atoms with E-state index in [9.17, 15) is 4.79 Å². The Hall–Kier alpha value is -2.85. The fraction of sp³-hybridized carbons (Fsp3) is 0.143. The number of nitrogens with one attached hydrogen (secondary N) is 2. The molecule has 1 aromatic heterocycles. The molecule has 0 atom stereocenters. The van der Waals surface area contributed by atoms with Crippen LogP contribution in [0.1, 0.15) is 27.2 Å². The van der Waals surface area contributed by atoms with Crippen LogP contribution in [0.4, 0.5) is 11.4 Å². The molecule has 0 aliphatic heterocycles. The number of aryl methyl sites for hydroxylation is 2. The summed E-state index contributed by atoms with van der Waals surface area (Å²) in [5, 5.41) is 6.72. The Morgan fingerprint density at radius 1 is 1.04 bits per heavy atom. The smallest absolute Gasteiger partial charge is 0.274 e. The van der Waals surface area contributed by atoms with E-state index in [4.69, 9.17) is 11.6 Å². The number of aromatic nitrogens is 1. The van der Waals surface area contributed by atoms with E-state index in [2.05, 4.69) is 46.8 Å². The molecule has 3 rings (SSSR count). The van der Waals surface area contributed by atoms with Gasteiger partial charge in [-0.2, -0.15) is 0 Å². The third kappa shape index (κ3) is 4.61. The highest BCUT2D eigenvalue weighted by Gasteiger charge is 2.09. The van der Waals surface area contributed by atoms with Crippen LogP contribution in [-0.4, -0.2) is 10.9 Å². The highest BCUT2D eigenvalue weighted by atomic mass is 35.5. The predicted molar refractivity (Wildman–Crippen MR) is 107 cm³/mol. The van der Waals surface area contributed by atoms with Crippen molar-refractivity contribution in [3.63, 3.8) is 0 Å². The number of benzene rings is 2. The van der Waals surface area contributed by atoms with Crippen molar-refractivity contribution in [1.82, 2.24) is 4.98 Å². The summed E-state index contributed by atoms with van der Waals surface area (Å²) < 4.78 is 0. The molecule has 1 amide bonds. The number of carbonyl (C=O) groups excluding carboxylic acids is 1. The van der Waals surface area contributed by atoms with E-state index < -0.39 is 0 Å². The van der Waals surface area contributed by atoms with Gasteiger partial charge in [0, 0.05) is 17.3 Å². The van der Waals surface area contributed by atoms with E-state index >= 15 is 0 Å². The fourth-order valence-corrected chi connectivity index (χ4v) is 2.63. The molecule has 132 valence electrons. The summed E-state index contributed by atoms with van der Waals surface area (Å²) in [7, 11) is 0. The van der Waals surface area contributed by atoms with Gasteiger partial charge in [-0.3, -0.25) is 4.79 Å². The monoisotopic (exact) mass is 365 g/mol. The third-order valence-electron chi connectivity index (χ3n) is 4.06. The van der Waals surface area contributed by atoms with Crippen molar-refractivity contribution >= 4 is 28.9 Å². The normalized spacial score (nSPS) is 10.4. The molecule has 0 saturated heterocycles. The molecular weight excluding hydrogens is 346 g/mol. The number of pyridine rings is 1. The molecule has 3 aromatic rings. The maximum Gasteiger partial charge on any atom is 0.274 e. The van der Waals surface area contributed by atoms with Crippen LogP contribution in [-0.2, 0) is 6.54 Å². The third-order valence-corrected chi connectivity index (χ3v) is 4.30. The van der Waals surface area contributed by atoms with Crippen LogP contribution in [0.15, 0.2) is 60.8 Å². The first-order valence-corrected chi connectivity index (χ1v) is 8.72. The first kappa shape index (κ1) is 18.0. The lowest BCUT2D eigenvalue weighted by atomic mass is 10.1. The number of hydrogen-bond acceptors (Lipinski definition) is 3. The maximum atomic E-state index is 12.4. The Labute approximate surface area is 158 Å². The van der Waals surface area contributed by atoms with Crippen molar-refractivity contribution in [3.8, 4) is 0 Å². The number of anilines is 2. The van der Waals surface area contributed by atoms with Gasteiger partial charge in [0.2, 0.25) is 0 Å². The minimum atomic E-state index is -0.263. The van der Waals surface area contributed by atoms with Gasteiger partial charge in [-0.1, -0.05) is 47.5 Å². The summed E-state index contributed by atoms with van der Waals surface area (Å²) in [5.74, 6) is -0.263. The molecule has 2 aromatic carbocycles. The van der Waals surface area contributed by atoms with Crippen molar-refractivity contribution in [1.29, 1.82) is 0 Å². The number of hydrogen-bond donors (Lipinski definition) is 2. The molecule has 2 N–H and O–H groups in total. The molecule has 0 bridgehead atoms. The summed E-state index contributed by atoms with van der Waals surface area (Å²) in [6.07, 6.45) is 1.66. The molecule has 0 aliphatic rings. The summed E-state index contributed by atoms with van der Waals surface area (Å²) in [6, 6.07) is 17.3. The van der Waals surface area contributed by atoms with E-state index in [0.717, 1.165) is 11.3 Å². The Kier molecular flexibility index (Phi) is 5.54. The Balaban J connectivity index is 1.62. The fourth-order valence-electron chi connectivity index (χ4n) is 2.46. The number of nitrogens with zero attached hydrogens (tertiary/aromatic N) is 1. The largest absolute Gasteiger partial charge is 0.380 e. The summed E-state index contributed by atoms with van der Waals surface area (Å²) >= 11 is 5.99. The lowest BCUT2D eigenvalue weighted by molar-refractivity contribution is 0.102. The zero-order valence-corrected chi connectivity index (χ0v) is 15.5. The first-order valence-electron chi connectivity index (χ1n) is 8.34. The number of carbonyl (C=O) groups is 1. The minimum Gasteiger partial charge on any atom is -0.380 e. The second kappa shape index (κ2) is 8.02. The van der Waals surface area contributed by atoms with Crippen LogP contribution in [0.2, 0.25) is 5.02 Å². The number of halogens is 1. The second-order valence-electron chi connectivity index (χ2n) is 6.18. The molecule has 0 unspecified atom stereocenters. The summed E-state index contributed by atoms with van der Waals surface area (Å²) in [4.78, 5) is 16.6. The average Bonchev–Trinajstić information content (AvgIpc) is 2.64. The Bertz CT molecular complexity index is 906. The lowest BCUT2D eigenvalue weighted by Crippen LogP contribution is -2.14. The van der Waals surface area contributed by atoms with Crippen LogP contribution >= 0.6 is 11.6 Å².